The fourth-order valence-electron chi connectivity index (χ4n) is 16.4. The van der Waals surface area contributed by atoms with Gasteiger partial charge in [-0.05, 0) is 0 Å². The molecule has 4 unspecified atom stereocenters. The molecule has 0 saturated carbocycles. The second-order valence-electron chi connectivity index (χ2n) is 10.2. The third-order valence-electron chi connectivity index (χ3n) is 14.8. The molecule has 2 N–H and O–H groups in total. The first-order valence-electron chi connectivity index (χ1n) is 6.23. The maximum atomic E-state index is 11.3. The number of hydrogen-bond donors (Lipinski definition) is 2. The van der Waals surface area contributed by atoms with E-state index >= 15 is 0 Å². The van der Waals surface area contributed by atoms with Gasteiger partial charge in [-0.3, -0.25) is 0 Å². The molecule has 0 radical (unpaired) electrons. The van der Waals surface area contributed by atoms with Crippen molar-refractivity contribution in [2.75, 3.05) is 0 Å². The van der Waals surface area contributed by atoms with Crippen molar-refractivity contribution in [2.24, 2.45) is 0 Å². The van der Waals surface area contributed by atoms with Crippen molar-refractivity contribution in [1.82, 2.24) is 0 Å². The van der Waals surface area contributed by atoms with Crippen LogP contribution in [0.3, 0.4) is 0 Å². The van der Waals surface area contributed by atoms with Crippen LogP contribution < -0.4 is 0 Å². The van der Waals surface area contributed by atoms with E-state index in [1.807, 2.05) is 0 Å². The molecule has 4 nitrogen and oxygen atoms in total. The number of hydrogen-bond acceptors (Lipinski definition) is 2. The van der Waals surface area contributed by atoms with E-state index in [-0.39, 0.29) is 4.50 Å². The zero-order valence-corrected chi connectivity index (χ0v) is 10.2. The van der Waals surface area contributed by atoms with Crippen LogP contribution in [0.2, 0.25) is 43.3 Å². The Labute approximate surface area is 81.3 Å². The summed E-state index contributed by atoms with van der Waals surface area (Å²) in [5.41, 5.74) is 0. The number of fused-ring (bicyclic) bond motifs is 10. The molecule has 0 aromatic heterocycles. The first-order chi connectivity index (χ1) is 7.25. The fraction of sp³-hybridized carbons (Fsp3) is 1.00. The Balaban J connectivity index is 1.64. The van der Waals surface area contributed by atoms with Crippen LogP contribution in [0, 0.1) is 0 Å². The zero-order chi connectivity index (χ0) is 10.2. The summed E-state index contributed by atoms with van der Waals surface area (Å²) in [5, 5.41) is 0. The quantitative estimate of drug-likeness (QED) is 0.603. The monoisotopic (exact) mass is 282 g/mol. The molecule has 4 atom stereocenters. The summed E-state index contributed by atoms with van der Waals surface area (Å²) >= 11 is 0. The van der Waals surface area contributed by atoms with E-state index in [2.05, 4.69) is 0 Å². The first kappa shape index (κ1) is 6.18. The van der Waals surface area contributed by atoms with Gasteiger partial charge in [-0.25, -0.2) is 0 Å². The van der Waals surface area contributed by atoms with Crippen LogP contribution in [0.4, 0.5) is 0 Å². The van der Waals surface area contributed by atoms with Crippen molar-refractivity contribution in [3.63, 3.8) is 0 Å². The van der Waals surface area contributed by atoms with Crippen molar-refractivity contribution in [3.05, 3.63) is 0 Å². The molecule has 10 saturated heterocycles. The molecule has 10 fully saturated rings. The Morgan fingerprint density at radius 1 is 0.938 bits per heavy atom. The fourth-order valence-corrected chi connectivity index (χ4v) is 91.0. The van der Waals surface area contributed by atoms with Gasteiger partial charge in [0.05, 0.1) is 0 Å². The summed E-state index contributed by atoms with van der Waals surface area (Å²) in [7, 11) is -4.25. The van der Waals surface area contributed by atoms with Crippen LogP contribution in [-0.2, 0) is 15.6 Å². The maximum absolute atomic E-state index is 11.3. The van der Waals surface area contributed by atoms with Gasteiger partial charge >= 0.3 is 81.1 Å². The molecule has 0 aliphatic carbocycles. The minimum atomic E-state index is -4.25. The second kappa shape index (κ2) is 0.456. The Morgan fingerprint density at radius 2 is 1.38 bits per heavy atom. The summed E-state index contributed by atoms with van der Waals surface area (Å²) in [6, 6.07) is 0. The molecule has 88 valence electrons. The molecule has 0 aromatic carbocycles. The van der Waals surface area contributed by atoms with Crippen LogP contribution in [0.5, 0.6) is 0 Å². The van der Waals surface area contributed by atoms with Crippen LogP contribution in [0.1, 0.15) is 0 Å². The Bertz CT molecular complexity index is 928. The van der Waals surface area contributed by atoms with Gasteiger partial charge in [-0.2, -0.15) is 0 Å². The van der Waals surface area contributed by atoms with Gasteiger partial charge in [0.15, 0.2) is 0 Å². The number of phosphoric acid groups is 1. The van der Waals surface area contributed by atoms with Gasteiger partial charge in [0.1, 0.15) is 0 Å². The van der Waals surface area contributed by atoms with Gasteiger partial charge in [0.25, 0.3) is 0 Å². The molecule has 1 spiro atoms. The molecule has 6 heteroatoms. The summed E-state index contributed by atoms with van der Waals surface area (Å²) in [6.07, 6.45) is 0. The minimum absolute atomic E-state index is 0.0852. The molecule has 10 aliphatic heterocycles. The second-order valence-corrected chi connectivity index (χ2v) is 34.9. The van der Waals surface area contributed by atoms with E-state index in [0.717, 1.165) is 43.3 Å². The van der Waals surface area contributed by atoms with Gasteiger partial charge < -0.3 is 0 Å². The van der Waals surface area contributed by atoms with E-state index in [0.29, 0.717) is 0 Å². The molecular weight excluding hydrogens is 271 g/mol. The van der Waals surface area contributed by atoms with Crippen molar-refractivity contribution in [2.45, 2.75) is 47.8 Å². The van der Waals surface area contributed by atoms with E-state index < -0.39 is 14.3 Å². The summed E-state index contributed by atoms with van der Waals surface area (Å²) < 4.78 is 16.8. The average Bonchev–Trinajstić information content (AvgIpc) is 3.10. The molecule has 10 aliphatic rings. The first-order valence-corrected chi connectivity index (χ1v) is 14.0. The molecule has 10 rings (SSSR count). The van der Waals surface area contributed by atoms with Crippen molar-refractivity contribution >= 4 is 7.82 Å². The Hall–Kier alpha value is 0.629. The van der Waals surface area contributed by atoms with Crippen molar-refractivity contribution in [1.29, 1.82) is 0 Å². The van der Waals surface area contributed by atoms with Crippen LogP contribution in [-0.4, -0.2) is 14.3 Å². The van der Waals surface area contributed by atoms with Gasteiger partial charge in [-0.1, -0.05) is 0 Å². The molecule has 0 bridgehead atoms. The number of rotatable bonds is 2. The van der Waals surface area contributed by atoms with E-state index in [4.69, 9.17) is 4.52 Å². The van der Waals surface area contributed by atoms with Crippen LogP contribution in [0.15, 0.2) is 0 Å². The Morgan fingerprint density at radius 3 is 1.56 bits per heavy atom. The third-order valence-corrected chi connectivity index (χ3v) is 57.3. The van der Waals surface area contributed by atoms with Gasteiger partial charge in [-0.15, -0.1) is 0 Å². The Kier molecular flexibility index (Phi) is 0.176. The summed E-state index contributed by atoms with van der Waals surface area (Å²) in [4.78, 5) is 27.6. The normalized spacial score (nSPS) is 127. The average molecular weight is 282 g/mol. The van der Waals surface area contributed by atoms with E-state index in [1.165, 1.54) is 0 Å². The topological polar surface area (TPSA) is 66.8 Å². The van der Waals surface area contributed by atoms with Crippen molar-refractivity contribution < 1.29 is 25.4 Å². The van der Waals surface area contributed by atoms with Crippen LogP contribution >= 0.6 is 7.82 Å². The van der Waals surface area contributed by atoms with E-state index in [1.54, 1.807) is 0 Å². The zero-order valence-electron chi connectivity index (χ0n) is 8.21. The predicted molar refractivity (Wildman–Crippen MR) is 49.6 cm³/mol. The third kappa shape index (κ3) is 0.0563. The molecule has 10 heterocycles. The molecular formula is C10H11FeO4P. The van der Waals surface area contributed by atoms with Crippen LogP contribution in [0.25, 0.3) is 0 Å². The van der Waals surface area contributed by atoms with Gasteiger partial charge in [0, 0.05) is 0 Å². The summed E-state index contributed by atoms with van der Waals surface area (Å²) in [6.45, 7) is -3.37. The summed E-state index contributed by atoms with van der Waals surface area (Å²) in [5.74, 6) is 0. The number of phosphoric ester groups is 1. The molecule has 0 amide bonds. The molecule has 0 aromatic rings. The van der Waals surface area contributed by atoms with Crippen molar-refractivity contribution in [3.8, 4) is 0 Å². The molecule has 16 heavy (non-hydrogen) atoms. The SMILES string of the molecule is O=P(O)(O)O[C]12[CH]3[CH]4[CH]5[CH]1[Fe]45321678[CH]2[CH]1[CH]6[CH]7[CH]28. The standard InChI is InChI=1S/C5H6O4P.C5H5.Fe/c6-10(7,8)9-5-3-1-2-4-5;1-2-4-5-3-1;/h1-4H,(H2,6,7,8);1-5H;. The van der Waals surface area contributed by atoms with Gasteiger partial charge in [0.2, 0.25) is 0 Å². The predicted octanol–water partition coefficient (Wildman–Crippen LogP) is 2.39. The van der Waals surface area contributed by atoms with E-state index in [9.17, 15) is 14.4 Å².